The summed E-state index contributed by atoms with van der Waals surface area (Å²) in [6, 6.07) is 0. The van der Waals surface area contributed by atoms with Gasteiger partial charge in [-0.25, -0.2) is 4.79 Å². The molecular weight excluding hydrogens is 204 g/mol. The summed E-state index contributed by atoms with van der Waals surface area (Å²) in [5.74, 6) is -0.409. The minimum Gasteiger partial charge on any atom is -0.460 e. The van der Waals surface area contributed by atoms with Crippen LogP contribution < -0.4 is 0 Å². The van der Waals surface area contributed by atoms with Gasteiger partial charge in [0.2, 0.25) is 0 Å². The molecule has 0 unspecified atom stereocenters. The normalized spacial score (nSPS) is 11.1. The summed E-state index contributed by atoms with van der Waals surface area (Å²) in [5, 5.41) is 0. The van der Waals surface area contributed by atoms with Crippen molar-refractivity contribution in [2.24, 2.45) is 0 Å². The summed E-state index contributed by atoms with van der Waals surface area (Å²) >= 11 is 0. The topological polar surface area (TPSA) is 35.5 Å². The molecule has 0 radical (unpaired) electrons. The first kappa shape index (κ1) is 14.6. The van der Waals surface area contributed by atoms with Crippen LogP contribution in [-0.2, 0) is 14.3 Å². The maximum absolute atomic E-state index is 10.6. The number of carbonyl (C=O) groups excluding carboxylic acids is 1. The molecule has 0 fully saturated rings. The van der Waals surface area contributed by atoms with E-state index in [0.717, 1.165) is 18.9 Å². The van der Waals surface area contributed by atoms with Crippen molar-refractivity contribution in [3.05, 3.63) is 37.0 Å². The molecule has 0 bridgehead atoms. The maximum atomic E-state index is 10.6. The van der Waals surface area contributed by atoms with E-state index in [0.29, 0.717) is 13.2 Å². The van der Waals surface area contributed by atoms with E-state index in [4.69, 9.17) is 9.47 Å². The van der Waals surface area contributed by atoms with Crippen molar-refractivity contribution in [1.29, 1.82) is 0 Å². The molecule has 0 amide bonds. The average Bonchev–Trinajstić information content (AvgIpc) is 2.31. The molecule has 0 aromatic heterocycles. The highest BCUT2D eigenvalue weighted by molar-refractivity contribution is 5.81. The third-order valence-corrected chi connectivity index (χ3v) is 1.69. The molecule has 0 aromatic carbocycles. The summed E-state index contributed by atoms with van der Waals surface area (Å²) in [6.45, 7) is 6.74. The quantitative estimate of drug-likeness (QED) is 0.261. The van der Waals surface area contributed by atoms with Crippen molar-refractivity contribution in [1.82, 2.24) is 0 Å². The Morgan fingerprint density at radius 1 is 1.19 bits per heavy atom. The van der Waals surface area contributed by atoms with Crippen LogP contribution in [0.1, 0.15) is 19.8 Å². The van der Waals surface area contributed by atoms with Crippen LogP contribution in [-0.4, -0.2) is 25.8 Å². The van der Waals surface area contributed by atoms with Crippen LogP contribution in [0.3, 0.4) is 0 Å². The molecule has 90 valence electrons. The van der Waals surface area contributed by atoms with Crippen LogP contribution in [0.25, 0.3) is 0 Å². The third-order valence-electron chi connectivity index (χ3n) is 1.69. The van der Waals surface area contributed by atoms with Crippen molar-refractivity contribution in [2.75, 3.05) is 19.8 Å². The predicted molar refractivity (Wildman–Crippen MR) is 65.2 cm³/mol. The monoisotopic (exact) mass is 224 g/mol. The average molecular weight is 224 g/mol. The maximum Gasteiger partial charge on any atom is 0.330 e. The Bertz CT molecular complexity index is 242. The lowest BCUT2D eigenvalue weighted by atomic mass is 10.3. The van der Waals surface area contributed by atoms with E-state index >= 15 is 0 Å². The molecule has 3 nitrogen and oxygen atoms in total. The van der Waals surface area contributed by atoms with Gasteiger partial charge in [0.15, 0.2) is 0 Å². The van der Waals surface area contributed by atoms with Crippen LogP contribution in [0.4, 0.5) is 0 Å². The summed E-state index contributed by atoms with van der Waals surface area (Å²) in [7, 11) is 0. The van der Waals surface area contributed by atoms with Crippen molar-refractivity contribution >= 4 is 5.97 Å². The first-order valence-electron chi connectivity index (χ1n) is 5.49. The van der Waals surface area contributed by atoms with Gasteiger partial charge in [0.25, 0.3) is 0 Å². The van der Waals surface area contributed by atoms with E-state index in [9.17, 15) is 4.79 Å². The van der Waals surface area contributed by atoms with Gasteiger partial charge in [-0.3, -0.25) is 0 Å². The molecule has 0 aliphatic rings. The molecule has 0 spiro atoms. The predicted octanol–water partition coefficient (Wildman–Crippen LogP) is 2.64. The SMILES string of the molecule is C=CC(=O)OCCOCCC=CC=CCC. The molecule has 0 aromatic rings. The highest BCUT2D eigenvalue weighted by Crippen LogP contribution is 1.88. The van der Waals surface area contributed by atoms with Crippen LogP contribution in [0.15, 0.2) is 37.0 Å². The number of hydrogen-bond acceptors (Lipinski definition) is 3. The molecule has 0 saturated heterocycles. The molecule has 0 aliphatic carbocycles. The molecule has 0 atom stereocenters. The zero-order valence-electron chi connectivity index (χ0n) is 9.85. The highest BCUT2D eigenvalue weighted by Gasteiger charge is 1.93. The summed E-state index contributed by atoms with van der Waals surface area (Å²) < 4.78 is 9.99. The second-order valence-electron chi connectivity index (χ2n) is 3.04. The number of ether oxygens (including phenoxy) is 2. The van der Waals surface area contributed by atoms with Crippen molar-refractivity contribution in [3.8, 4) is 0 Å². The zero-order valence-corrected chi connectivity index (χ0v) is 9.85. The number of allylic oxidation sites excluding steroid dienone is 3. The molecule has 3 heteroatoms. The van der Waals surface area contributed by atoms with E-state index in [1.807, 2.05) is 18.2 Å². The van der Waals surface area contributed by atoms with E-state index in [2.05, 4.69) is 19.6 Å². The summed E-state index contributed by atoms with van der Waals surface area (Å²) in [5.41, 5.74) is 0. The van der Waals surface area contributed by atoms with Gasteiger partial charge < -0.3 is 9.47 Å². The minimum absolute atomic E-state index is 0.282. The van der Waals surface area contributed by atoms with E-state index in [1.54, 1.807) is 0 Å². The minimum atomic E-state index is -0.409. The van der Waals surface area contributed by atoms with Crippen LogP contribution >= 0.6 is 0 Å². The first-order valence-corrected chi connectivity index (χ1v) is 5.49. The molecular formula is C13H20O3. The van der Waals surface area contributed by atoms with E-state index < -0.39 is 5.97 Å². The molecule has 16 heavy (non-hydrogen) atoms. The van der Waals surface area contributed by atoms with Gasteiger partial charge in [-0.2, -0.15) is 0 Å². The first-order chi connectivity index (χ1) is 7.81. The Morgan fingerprint density at radius 3 is 2.62 bits per heavy atom. The fourth-order valence-electron chi connectivity index (χ4n) is 0.903. The second-order valence-corrected chi connectivity index (χ2v) is 3.04. The lowest BCUT2D eigenvalue weighted by Crippen LogP contribution is -2.08. The van der Waals surface area contributed by atoms with E-state index in [1.165, 1.54) is 0 Å². The fourth-order valence-corrected chi connectivity index (χ4v) is 0.903. The van der Waals surface area contributed by atoms with Gasteiger partial charge in [-0.15, -0.1) is 0 Å². The second kappa shape index (κ2) is 11.7. The van der Waals surface area contributed by atoms with Crippen LogP contribution in [0.5, 0.6) is 0 Å². The van der Waals surface area contributed by atoms with Crippen LogP contribution in [0, 0.1) is 0 Å². The Kier molecular flexibility index (Phi) is 10.7. The Morgan fingerprint density at radius 2 is 1.94 bits per heavy atom. The zero-order chi connectivity index (χ0) is 12.1. The number of carbonyl (C=O) groups is 1. The molecule has 0 saturated carbocycles. The number of hydrogen-bond donors (Lipinski definition) is 0. The lowest BCUT2D eigenvalue weighted by molar-refractivity contribution is -0.139. The summed E-state index contributed by atoms with van der Waals surface area (Å²) in [4.78, 5) is 10.6. The van der Waals surface area contributed by atoms with Gasteiger partial charge in [0, 0.05) is 6.08 Å². The standard InChI is InChI=1S/C13H20O3/c1-3-5-6-7-8-9-10-15-11-12-16-13(14)4-2/h4-8H,2-3,9-12H2,1H3. The summed E-state index contributed by atoms with van der Waals surface area (Å²) in [6.07, 6.45) is 11.2. The molecule has 0 rings (SSSR count). The largest absolute Gasteiger partial charge is 0.460 e. The number of esters is 1. The van der Waals surface area contributed by atoms with Gasteiger partial charge in [0.1, 0.15) is 6.61 Å². The molecule has 0 aliphatic heterocycles. The van der Waals surface area contributed by atoms with Gasteiger partial charge >= 0.3 is 5.97 Å². The van der Waals surface area contributed by atoms with Crippen LogP contribution in [0.2, 0.25) is 0 Å². The highest BCUT2D eigenvalue weighted by atomic mass is 16.6. The molecule has 0 heterocycles. The van der Waals surface area contributed by atoms with Gasteiger partial charge in [0.05, 0.1) is 13.2 Å². The smallest absolute Gasteiger partial charge is 0.330 e. The third kappa shape index (κ3) is 10.7. The lowest BCUT2D eigenvalue weighted by Gasteiger charge is -2.02. The van der Waals surface area contributed by atoms with Crippen molar-refractivity contribution < 1.29 is 14.3 Å². The number of rotatable bonds is 9. The Balaban J connectivity index is 3.21. The Labute approximate surface area is 97.4 Å². The Hall–Kier alpha value is -1.35. The van der Waals surface area contributed by atoms with Crippen molar-refractivity contribution in [3.63, 3.8) is 0 Å². The van der Waals surface area contributed by atoms with Gasteiger partial charge in [-0.1, -0.05) is 37.8 Å². The van der Waals surface area contributed by atoms with E-state index in [-0.39, 0.29) is 6.61 Å². The molecule has 0 N–H and O–H groups in total. The van der Waals surface area contributed by atoms with Crippen molar-refractivity contribution in [2.45, 2.75) is 19.8 Å². The fraction of sp³-hybridized carbons (Fsp3) is 0.462. The van der Waals surface area contributed by atoms with Gasteiger partial charge in [-0.05, 0) is 12.8 Å².